The molecule has 0 aliphatic rings. The van der Waals surface area contributed by atoms with Crippen molar-refractivity contribution < 1.29 is 9.21 Å². The largest absolute Gasteiger partial charge is 0.469 e. The van der Waals surface area contributed by atoms with Crippen molar-refractivity contribution >= 4 is 5.91 Å². The number of hydrogen-bond donors (Lipinski definition) is 2. The van der Waals surface area contributed by atoms with Crippen molar-refractivity contribution in [3.05, 3.63) is 59.0 Å². The maximum atomic E-state index is 11.1. The van der Waals surface area contributed by atoms with E-state index in [4.69, 9.17) is 10.2 Å². The fourth-order valence-corrected chi connectivity index (χ4v) is 2.13. The quantitative estimate of drug-likeness (QED) is 0.848. The van der Waals surface area contributed by atoms with Gasteiger partial charge in [0.15, 0.2) is 0 Å². The van der Waals surface area contributed by atoms with Gasteiger partial charge < -0.3 is 15.5 Å². The SMILES string of the molecule is Cc1cc(C(N)=O)ccc1CNC(C)Cc1ccco1. The molecule has 20 heavy (non-hydrogen) atoms. The second-order valence-corrected chi connectivity index (χ2v) is 5.07. The highest BCUT2D eigenvalue weighted by molar-refractivity contribution is 5.93. The average molecular weight is 272 g/mol. The van der Waals surface area contributed by atoms with Crippen LogP contribution in [0.25, 0.3) is 0 Å². The summed E-state index contributed by atoms with van der Waals surface area (Å²) in [4.78, 5) is 11.1. The first-order valence-corrected chi connectivity index (χ1v) is 6.71. The van der Waals surface area contributed by atoms with Crippen LogP contribution in [0.1, 0.15) is 34.2 Å². The van der Waals surface area contributed by atoms with E-state index in [0.717, 1.165) is 24.3 Å². The van der Waals surface area contributed by atoms with E-state index in [1.165, 1.54) is 5.56 Å². The minimum atomic E-state index is -0.390. The predicted octanol–water partition coefficient (Wildman–Crippen LogP) is 2.41. The zero-order valence-corrected chi connectivity index (χ0v) is 11.8. The topological polar surface area (TPSA) is 68.3 Å². The molecule has 0 aliphatic heterocycles. The van der Waals surface area contributed by atoms with Crippen LogP contribution in [0.15, 0.2) is 41.0 Å². The van der Waals surface area contributed by atoms with E-state index in [2.05, 4.69) is 12.2 Å². The average Bonchev–Trinajstić information content (AvgIpc) is 2.90. The molecular weight excluding hydrogens is 252 g/mol. The minimum Gasteiger partial charge on any atom is -0.469 e. The summed E-state index contributed by atoms with van der Waals surface area (Å²) in [6.45, 7) is 4.86. The van der Waals surface area contributed by atoms with Crippen LogP contribution >= 0.6 is 0 Å². The first-order valence-electron chi connectivity index (χ1n) is 6.71. The van der Waals surface area contributed by atoms with Gasteiger partial charge in [-0.1, -0.05) is 6.07 Å². The number of primary amides is 1. The normalized spacial score (nSPS) is 12.3. The van der Waals surface area contributed by atoms with Crippen molar-refractivity contribution in [1.82, 2.24) is 5.32 Å². The highest BCUT2D eigenvalue weighted by Crippen LogP contribution is 2.11. The minimum absolute atomic E-state index is 0.316. The van der Waals surface area contributed by atoms with E-state index in [-0.39, 0.29) is 0 Å². The molecule has 0 bridgehead atoms. The summed E-state index contributed by atoms with van der Waals surface area (Å²) in [5, 5.41) is 3.45. The van der Waals surface area contributed by atoms with Gasteiger partial charge in [-0.3, -0.25) is 4.79 Å². The zero-order chi connectivity index (χ0) is 14.5. The summed E-state index contributed by atoms with van der Waals surface area (Å²) in [6.07, 6.45) is 2.54. The smallest absolute Gasteiger partial charge is 0.248 e. The molecule has 1 aromatic carbocycles. The molecule has 0 radical (unpaired) electrons. The van der Waals surface area contributed by atoms with E-state index in [0.29, 0.717) is 11.6 Å². The number of amides is 1. The van der Waals surface area contributed by atoms with Crippen molar-refractivity contribution in [3.63, 3.8) is 0 Å². The molecule has 2 aromatic rings. The van der Waals surface area contributed by atoms with Crippen LogP contribution in [0.5, 0.6) is 0 Å². The van der Waals surface area contributed by atoms with Crippen LogP contribution in [-0.2, 0) is 13.0 Å². The van der Waals surface area contributed by atoms with E-state index in [1.54, 1.807) is 12.3 Å². The predicted molar refractivity (Wildman–Crippen MR) is 78.4 cm³/mol. The number of rotatable bonds is 6. The van der Waals surface area contributed by atoms with Crippen molar-refractivity contribution in [2.24, 2.45) is 5.73 Å². The maximum absolute atomic E-state index is 11.1. The molecule has 0 aliphatic carbocycles. The van der Waals surface area contributed by atoms with E-state index in [1.807, 2.05) is 31.2 Å². The Kier molecular flexibility index (Phi) is 4.58. The third-order valence-corrected chi connectivity index (χ3v) is 3.36. The van der Waals surface area contributed by atoms with E-state index in [9.17, 15) is 4.79 Å². The molecule has 1 unspecified atom stereocenters. The van der Waals surface area contributed by atoms with Gasteiger partial charge in [-0.05, 0) is 49.2 Å². The van der Waals surface area contributed by atoms with Crippen molar-refractivity contribution in [3.8, 4) is 0 Å². The van der Waals surface area contributed by atoms with Crippen molar-refractivity contribution in [2.45, 2.75) is 32.9 Å². The van der Waals surface area contributed by atoms with Gasteiger partial charge >= 0.3 is 0 Å². The van der Waals surface area contributed by atoms with Gasteiger partial charge in [-0.15, -0.1) is 0 Å². The van der Waals surface area contributed by atoms with Crippen molar-refractivity contribution in [2.75, 3.05) is 0 Å². The highest BCUT2D eigenvalue weighted by Gasteiger charge is 2.08. The molecule has 1 atom stereocenters. The van der Waals surface area contributed by atoms with Crippen LogP contribution < -0.4 is 11.1 Å². The van der Waals surface area contributed by atoms with Gasteiger partial charge in [0.2, 0.25) is 5.91 Å². The number of furan rings is 1. The Bertz CT molecular complexity index is 576. The molecule has 0 saturated heterocycles. The number of benzene rings is 1. The second kappa shape index (κ2) is 6.39. The summed E-state index contributed by atoms with van der Waals surface area (Å²) in [5.74, 6) is 0.588. The Morgan fingerprint density at radius 3 is 2.80 bits per heavy atom. The zero-order valence-electron chi connectivity index (χ0n) is 11.8. The number of carbonyl (C=O) groups excluding carboxylic acids is 1. The molecule has 106 valence electrons. The molecule has 4 heteroatoms. The van der Waals surface area contributed by atoms with Crippen molar-refractivity contribution in [1.29, 1.82) is 0 Å². The molecule has 1 heterocycles. The monoisotopic (exact) mass is 272 g/mol. The lowest BCUT2D eigenvalue weighted by molar-refractivity contribution is 0.1000. The molecule has 0 spiro atoms. The number of nitrogens with one attached hydrogen (secondary N) is 1. The first-order chi connectivity index (χ1) is 9.56. The van der Waals surface area contributed by atoms with Crippen LogP contribution in [-0.4, -0.2) is 11.9 Å². The van der Waals surface area contributed by atoms with E-state index >= 15 is 0 Å². The van der Waals surface area contributed by atoms with Gasteiger partial charge in [0.1, 0.15) is 5.76 Å². The number of carbonyl (C=O) groups is 1. The fraction of sp³-hybridized carbons (Fsp3) is 0.312. The summed E-state index contributed by atoms with van der Waals surface area (Å²) in [7, 11) is 0. The van der Waals surface area contributed by atoms with Gasteiger partial charge in [0.25, 0.3) is 0 Å². The fourth-order valence-electron chi connectivity index (χ4n) is 2.13. The third-order valence-electron chi connectivity index (χ3n) is 3.36. The lowest BCUT2D eigenvalue weighted by Crippen LogP contribution is -2.27. The van der Waals surface area contributed by atoms with Crippen LogP contribution in [0.3, 0.4) is 0 Å². The standard InChI is InChI=1S/C16H20N2O2/c1-11-8-13(16(17)19)5-6-14(11)10-18-12(2)9-15-4-3-7-20-15/h3-8,12,18H,9-10H2,1-2H3,(H2,17,19). The van der Waals surface area contributed by atoms with Gasteiger partial charge in [-0.25, -0.2) is 0 Å². The first kappa shape index (κ1) is 14.3. The molecular formula is C16H20N2O2. The summed E-state index contributed by atoms with van der Waals surface area (Å²) < 4.78 is 5.33. The highest BCUT2D eigenvalue weighted by atomic mass is 16.3. The molecule has 1 amide bonds. The summed E-state index contributed by atoms with van der Waals surface area (Å²) >= 11 is 0. The third kappa shape index (κ3) is 3.71. The number of nitrogens with two attached hydrogens (primary N) is 1. The lowest BCUT2D eigenvalue weighted by atomic mass is 10.0. The molecule has 4 nitrogen and oxygen atoms in total. The Labute approximate surface area is 119 Å². The second-order valence-electron chi connectivity index (χ2n) is 5.07. The number of hydrogen-bond acceptors (Lipinski definition) is 3. The maximum Gasteiger partial charge on any atom is 0.248 e. The number of aryl methyl sites for hydroxylation is 1. The Morgan fingerprint density at radius 2 is 2.20 bits per heavy atom. The van der Waals surface area contributed by atoms with Crippen LogP contribution in [0, 0.1) is 6.92 Å². The lowest BCUT2D eigenvalue weighted by Gasteiger charge is -2.14. The Hall–Kier alpha value is -2.07. The van der Waals surface area contributed by atoms with Gasteiger partial charge in [0, 0.05) is 24.6 Å². The molecule has 0 saturated carbocycles. The van der Waals surface area contributed by atoms with Crippen LogP contribution in [0.2, 0.25) is 0 Å². The summed E-state index contributed by atoms with van der Waals surface area (Å²) in [6, 6.07) is 9.73. The molecule has 2 rings (SSSR count). The molecule has 1 aromatic heterocycles. The van der Waals surface area contributed by atoms with E-state index < -0.39 is 5.91 Å². The Morgan fingerprint density at radius 1 is 1.40 bits per heavy atom. The molecule has 0 fully saturated rings. The Balaban J connectivity index is 1.92. The summed E-state index contributed by atoms with van der Waals surface area (Å²) in [5.41, 5.74) is 8.05. The van der Waals surface area contributed by atoms with Crippen LogP contribution in [0.4, 0.5) is 0 Å². The van der Waals surface area contributed by atoms with Gasteiger partial charge in [0.05, 0.1) is 6.26 Å². The van der Waals surface area contributed by atoms with Gasteiger partial charge in [-0.2, -0.15) is 0 Å². The molecule has 3 N–H and O–H groups in total.